The van der Waals surface area contributed by atoms with Crippen molar-refractivity contribution in [2.24, 2.45) is 13.0 Å². The molecule has 26 heavy (non-hydrogen) atoms. The average Bonchev–Trinajstić information content (AvgIpc) is 3.12. The number of hydrogen-bond acceptors (Lipinski definition) is 4. The molecule has 4 rings (SSSR count). The molecule has 3 heterocycles. The van der Waals surface area contributed by atoms with Gasteiger partial charge in [-0.25, -0.2) is 0 Å². The first kappa shape index (κ1) is 17.1. The smallest absolute Gasteiger partial charge is 0.272 e. The van der Waals surface area contributed by atoms with Crippen molar-refractivity contribution in [1.29, 1.82) is 0 Å². The van der Waals surface area contributed by atoms with E-state index in [2.05, 4.69) is 17.2 Å². The third-order valence-corrected chi connectivity index (χ3v) is 5.69. The molecule has 1 aromatic heterocycles. The van der Waals surface area contributed by atoms with E-state index in [4.69, 9.17) is 9.47 Å². The Hall–Kier alpha value is -2.34. The van der Waals surface area contributed by atoms with Crippen LogP contribution in [0.3, 0.4) is 0 Å². The summed E-state index contributed by atoms with van der Waals surface area (Å²) in [6.45, 7) is 2.19. The number of benzene rings is 1. The molecule has 138 valence electrons. The third kappa shape index (κ3) is 3.09. The van der Waals surface area contributed by atoms with Gasteiger partial charge in [-0.1, -0.05) is 6.07 Å². The SMILES string of the molecule is COc1ccc2c(c1)C[C@@H](C1CCOCC1)N(C(=O)c1ccnn1C)C2. The van der Waals surface area contributed by atoms with Crippen molar-refractivity contribution in [2.45, 2.75) is 31.8 Å². The average molecular weight is 355 g/mol. The van der Waals surface area contributed by atoms with Gasteiger partial charge in [0, 0.05) is 39.0 Å². The molecule has 2 aliphatic heterocycles. The minimum atomic E-state index is 0.0583. The van der Waals surface area contributed by atoms with E-state index >= 15 is 0 Å². The zero-order valence-corrected chi connectivity index (χ0v) is 15.4. The van der Waals surface area contributed by atoms with Crippen LogP contribution in [0.4, 0.5) is 0 Å². The highest BCUT2D eigenvalue weighted by Gasteiger charge is 2.37. The maximum atomic E-state index is 13.3. The number of carbonyl (C=O) groups is 1. The number of fused-ring (bicyclic) bond motifs is 1. The van der Waals surface area contributed by atoms with Gasteiger partial charge in [-0.15, -0.1) is 0 Å². The number of aryl methyl sites for hydroxylation is 1. The zero-order chi connectivity index (χ0) is 18.1. The Balaban J connectivity index is 1.68. The lowest BCUT2D eigenvalue weighted by molar-refractivity contribution is 0.0175. The van der Waals surface area contributed by atoms with E-state index in [-0.39, 0.29) is 11.9 Å². The molecule has 0 radical (unpaired) electrons. The number of methoxy groups -OCH3 is 1. The van der Waals surface area contributed by atoms with Gasteiger partial charge in [0.05, 0.1) is 7.11 Å². The Kier molecular flexibility index (Phi) is 4.68. The summed E-state index contributed by atoms with van der Waals surface area (Å²) in [4.78, 5) is 15.3. The van der Waals surface area contributed by atoms with E-state index in [1.54, 1.807) is 24.1 Å². The lowest BCUT2D eigenvalue weighted by Gasteiger charge is -2.42. The van der Waals surface area contributed by atoms with E-state index in [0.29, 0.717) is 18.2 Å². The summed E-state index contributed by atoms with van der Waals surface area (Å²) in [5, 5.41) is 4.17. The fourth-order valence-corrected chi connectivity index (χ4v) is 4.18. The van der Waals surface area contributed by atoms with Crippen LogP contribution >= 0.6 is 0 Å². The Morgan fingerprint density at radius 1 is 1.23 bits per heavy atom. The van der Waals surface area contributed by atoms with Crippen LogP contribution in [0, 0.1) is 5.92 Å². The van der Waals surface area contributed by atoms with Gasteiger partial charge in [0.1, 0.15) is 11.4 Å². The van der Waals surface area contributed by atoms with Crippen molar-refractivity contribution >= 4 is 5.91 Å². The summed E-state index contributed by atoms with van der Waals surface area (Å²) in [6, 6.07) is 8.15. The van der Waals surface area contributed by atoms with Crippen molar-refractivity contribution < 1.29 is 14.3 Å². The molecule has 6 heteroatoms. The first-order chi connectivity index (χ1) is 12.7. The predicted octanol–water partition coefficient (Wildman–Crippen LogP) is 2.42. The minimum Gasteiger partial charge on any atom is -0.497 e. The maximum absolute atomic E-state index is 13.3. The second kappa shape index (κ2) is 7.11. The molecular formula is C20H25N3O3. The van der Waals surface area contributed by atoms with E-state index < -0.39 is 0 Å². The zero-order valence-electron chi connectivity index (χ0n) is 15.4. The molecule has 1 aromatic carbocycles. The summed E-state index contributed by atoms with van der Waals surface area (Å²) < 4.78 is 12.6. The Labute approximate surface area is 153 Å². The lowest BCUT2D eigenvalue weighted by Crippen LogP contribution is -2.49. The second-order valence-electron chi connectivity index (χ2n) is 7.13. The number of amides is 1. The molecule has 2 aliphatic rings. The molecule has 0 N–H and O–H groups in total. The Morgan fingerprint density at radius 3 is 2.73 bits per heavy atom. The van der Waals surface area contributed by atoms with E-state index in [9.17, 15) is 4.79 Å². The van der Waals surface area contributed by atoms with Crippen molar-refractivity contribution in [3.8, 4) is 5.75 Å². The first-order valence-corrected chi connectivity index (χ1v) is 9.20. The Morgan fingerprint density at radius 2 is 2.04 bits per heavy atom. The van der Waals surface area contributed by atoms with Gasteiger partial charge in [-0.3, -0.25) is 9.48 Å². The highest BCUT2D eigenvalue weighted by atomic mass is 16.5. The maximum Gasteiger partial charge on any atom is 0.272 e. The van der Waals surface area contributed by atoms with Gasteiger partial charge >= 0.3 is 0 Å². The summed E-state index contributed by atoms with van der Waals surface area (Å²) in [7, 11) is 3.51. The van der Waals surface area contributed by atoms with E-state index in [1.165, 1.54) is 11.1 Å². The fourth-order valence-electron chi connectivity index (χ4n) is 4.18. The topological polar surface area (TPSA) is 56.6 Å². The molecule has 2 aromatic rings. The van der Waals surface area contributed by atoms with E-state index in [0.717, 1.165) is 38.2 Å². The van der Waals surface area contributed by atoms with Crippen LogP contribution in [0.5, 0.6) is 5.75 Å². The molecule has 0 spiro atoms. The van der Waals surface area contributed by atoms with Crippen LogP contribution < -0.4 is 4.74 Å². The summed E-state index contributed by atoms with van der Waals surface area (Å²) in [6.07, 6.45) is 4.54. The van der Waals surface area contributed by atoms with Crippen LogP contribution in [-0.2, 0) is 24.8 Å². The van der Waals surface area contributed by atoms with Crippen LogP contribution in [0.25, 0.3) is 0 Å². The van der Waals surface area contributed by atoms with Crippen molar-refractivity contribution in [3.63, 3.8) is 0 Å². The largest absolute Gasteiger partial charge is 0.497 e. The molecule has 6 nitrogen and oxygen atoms in total. The quantitative estimate of drug-likeness (QED) is 0.848. The van der Waals surface area contributed by atoms with Gasteiger partial charge < -0.3 is 14.4 Å². The van der Waals surface area contributed by atoms with Crippen LogP contribution in [0.2, 0.25) is 0 Å². The first-order valence-electron chi connectivity index (χ1n) is 9.20. The Bertz CT molecular complexity index is 795. The molecule has 1 fully saturated rings. The van der Waals surface area contributed by atoms with Gasteiger partial charge in [0.15, 0.2) is 0 Å². The highest BCUT2D eigenvalue weighted by Crippen LogP contribution is 2.34. The number of nitrogens with zero attached hydrogens (tertiary/aromatic N) is 3. The molecule has 1 saturated heterocycles. The van der Waals surface area contributed by atoms with Crippen molar-refractivity contribution in [1.82, 2.24) is 14.7 Å². The molecule has 1 amide bonds. The second-order valence-corrected chi connectivity index (χ2v) is 7.13. The van der Waals surface area contributed by atoms with Crippen LogP contribution in [0.1, 0.15) is 34.5 Å². The molecular weight excluding hydrogens is 330 g/mol. The standard InChI is InChI=1S/C20H25N3O3/c1-22-18(5-8-21-22)20(24)23-13-15-3-4-17(25-2)11-16(15)12-19(23)14-6-9-26-10-7-14/h3-5,8,11,14,19H,6-7,9-10,12-13H2,1-2H3/t19-/m0/s1. The monoisotopic (exact) mass is 355 g/mol. The van der Waals surface area contributed by atoms with Crippen molar-refractivity contribution in [2.75, 3.05) is 20.3 Å². The minimum absolute atomic E-state index is 0.0583. The van der Waals surface area contributed by atoms with Crippen molar-refractivity contribution in [3.05, 3.63) is 47.3 Å². The number of rotatable bonds is 3. The fraction of sp³-hybridized carbons (Fsp3) is 0.500. The number of ether oxygens (including phenoxy) is 2. The van der Waals surface area contributed by atoms with Gasteiger partial charge in [0.2, 0.25) is 0 Å². The normalized spacial score (nSPS) is 20.7. The van der Waals surface area contributed by atoms with Gasteiger partial charge in [-0.2, -0.15) is 5.10 Å². The summed E-state index contributed by atoms with van der Waals surface area (Å²) in [5.74, 6) is 1.39. The molecule has 0 saturated carbocycles. The summed E-state index contributed by atoms with van der Waals surface area (Å²) in [5.41, 5.74) is 3.12. The van der Waals surface area contributed by atoms with Gasteiger partial charge in [-0.05, 0) is 54.5 Å². The molecule has 0 aliphatic carbocycles. The molecule has 1 atom stereocenters. The molecule has 0 unspecified atom stereocenters. The lowest BCUT2D eigenvalue weighted by atomic mass is 9.82. The predicted molar refractivity (Wildman–Crippen MR) is 97.1 cm³/mol. The van der Waals surface area contributed by atoms with E-state index in [1.807, 2.05) is 18.0 Å². The molecule has 0 bridgehead atoms. The highest BCUT2D eigenvalue weighted by molar-refractivity contribution is 5.93. The van der Waals surface area contributed by atoms with Crippen LogP contribution in [-0.4, -0.2) is 47.0 Å². The number of aromatic nitrogens is 2. The van der Waals surface area contributed by atoms with Gasteiger partial charge in [0.25, 0.3) is 5.91 Å². The van der Waals surface area contributed by atoms with Crippen LogP contribution in [0.15, 0.2) is 30.5 Å². The number of carbonyl (C=O) groups excluding carboxylic acids is 1. The third-order valence-electron chi connectivity index (χ3n) is 5.69. The summed E-state index contributed by atoms with van der Waals surface area (Å²) >= 11 is 0. The number of hydrogen-bond donors (Lipinski definition) is 0.